The van der Waals surface area contributed by atoms with Crippen molar-refractivity contribution in [1.29, 1.82) is 0 Å². The molecule has 168 valence electrons. The molecule has 2 aromatic carbocycles. The van der Waals surface area contributed by atoms with Crippen LogP contribution in [0.15, 0.2) is 46.9 Å². The highest BCUT2D eigenvalue weighted by Gasteiger charge is 2.30. The largest absolute Gasteiger partial charge is 0.424 e. The van der Waals surface area contributed by atoms with E-state index in [0.717, 1.165) is 44.5 Å². The summed E-state index contributed by atoms with van der Waals surface area (Å²) in [4.78, 5) is 20.2. The van der Waals surface area contributed by atoms with Crippen molar-refractivity contribution in [1.82, 2.24) is 15.2 Å². The number of halogens is 1. The summed E-state index contributed by atoms with van der Waals surface area (Å²) in [5, 5.41) is 7.33. The van der Waals surface area contributed by atoms with E-state index < -0.39 is 0 Å². The summed E-state index contributed by atoms with van der Waals surface area (Å²) in [5.41, 5.74) is 3.09. The van der Waals surface area contributed by atoms with Gasteiger partial charge in [0.2, 0.25) is 0 Å². The number of hydrogen-bond acceptors (Lipinski definition) is 5. The Morgan fingerprint density at radius 3 is 2.84 bits per heavy atom. The Hall–Kier alpha value is -2.57. The van der Waals surface area contributed by atoms with Gasteiger partial charge in [-0.3, -0.25) is 4.79 Å². The number of oxazole rings is 1. The number of fused-ring (bicyclic) bond motifs is 1. The molecule has 1 aliphatic carbocycles. The van der Waals surface area contributed by atoms with Gasteiger partial charge in [0.1, 0.15) is 5.52 Å². The zero-order chi connectivity index (χ0) is 21.9. The molecule has 7 heteroatoms. The molecule has 0 bridgehead atoms. The second kappa shape index (κ2) is 9.51. The minimum Gasteiger partial charge on any atom is -0.424 e. The molecule has 5 rings (SSSR count). The van der Waals surface area contributed by atoms with Crippen molar-refractivity contribution in [2.24, 2.45) is 5.92 Å². The van der Waals surface area contributed by atoms with Gasteiger partial charge in [0, 0.05) is 29.7 Å². The second-order valence-corrected chi connectivity index (χ2v) is 9.38. The maximum absolute atomic E-state index is 13.5. The molecule has 0 spiro atoms. The molecule has 3 aromatic rings. The Kier molecular flexibility index (Phi) is 6.32. The molecule has 1 amide bonds. The Morgan fingerprint density at radius 2 is 2.06 bits per heavy atom. The predicted molar refractivity (Wildman–Crippen MR) is 127 cm³/mol. The maximum Gasteiger partial charge on any atom is 0.295 e. The minimum absolute atomic E-state index is 0.113. The molecule has 1 saturated carbocycles. The highest BCUT2D eigenvalue weighted by Crippen LogP contribution is 2.28. The topological polar surface area (TPSA) is 70.4 Å². The number of anilines is 1. The normalized spacial score (nSPS) is 19.0. The number of benzene rings is 2. The molecular weight excluding hydrogens is 424 g/mol. The van der Waals surface area contributed by atoms with Crippen molar-refractivity contribution in [3.8, 4) is 0 Å². The molecule has 32 heavy (non-hydrogen) atoms. The number of nitrogens with zero attached hydrogens (tertiary/aromatic N) is 2. The number of amides is 1. The third kappa shape index (κ3) is 4.76. The predicted octanol–water partition coefficient (Wildman–Crippen LogP) is 5.09. The van der Waals surface area contributed by atoms with Gasteiger partial charge in [-0.2, -0.15) is 4.98 Å². The van der Waals surface area contributed by atoms with Gasteiger partial charge < -0.3 is 20.0 Å². The quantitative estimate of drug-likeness (QED) is 0.522. The van der Waals surface area contributed by atoms with Crippen LogP contribution in [0.5, 0.6) is 0 Å². The first kappa shape index (κ1) is 21.3. The number of hydrogen-bond donors (Lipinski definition) is 2. The molecule has 2 N–H and O–H groups in total. The van der Waals surface area contributed by atoms with E-state index >= 15 is 0 Å². The summed E-state index contributed by atoms with van der Waals surface area (Å²) >= 11 is 6.06. The van der Waals surface area contributed by atoms with Gasteiger partial charge in [-0.1, -0.05) is 36.6 Å². The van der Waals surface area contributed by atoms with Crippen LogP contribution < -0.4 is 10.6 Å². The van der Waals surface area contributed by atoms with E-state index in [1.54, 1.807) is 0 Å². The van der Waals surface area contributed by atoms with Crippen LogP contribution in [0.1, 0.15) is 48.0 Å². The molecule has 6 nitrogen and oxygen atoms in total. The summed E-state index contributed by atoms with van der Waals surface area (Å²) in [5.74, 6) is 0.653. The van der Waals surface area contributed by atoms with Crippen molar-refractivity contribution >= 4 is 34.6 Å². The lowest BCUT2D eigenvalue weighted by molar-refractivity contribution is 0.0650. The standard InChI is InChI=1S/C25H29ClN4O2/c26-20-5-3-4-17(12-20)15-28-25-29-22-13-19(8-9-23(22)32-25)24(31)30(21-6-1-2-7-21)16-18-10-11-27-14-18/h3-5,8-9,12-13,18,21,27H,1-2,6-7,10-11,14-16H2,(H,28,29). The van der Waals surface area contributed by atoms with Crippen molar-refractivity contribution in [2.45, 2.75) is 44.7 Å². The van der Waals surface area contributed by atoms with Crippen molar-refractivity contribution in [3.63, 3.8) is 0 Å². The Morgan fingerprint density at radius 1 is 1.19 bits per heavy atom. The van der Waals surface area contributed by atoms with Crippen LogP contribution in [-0.2, 0) is 6.54 Å². The van der Waals surface area contributed by atoms with Crippen LogP contribution in [0, 0.1) is 5.92 Å². The third-order valence-electron chi connectivity index (χ3n) is 6.61. The SMILES string of the molecule is O=C(c1ccc2oc(NCc3cccc(Cl)c3)nc2c1)N(CC1CCNC1)C1CCCC1. The van der Waals surface area contributed by atoms with Crippen LogP contribution in [0.4, 0.5) is 6.01 Å². The highest BCUT2D eigenvalue weighted by molar-refractivity contribution is 6.30. The molecule has 1 aliphatic heterocycles. The van der Waals surface area contributed by atoms with Crippen LogP contribution in [0.25, 0.3) is 11.1 Å². The number of carbonyl (C=O) groups excluding carboxylic acids is 1. The maximum atomic E-state index is 13.5. The molecule has 2 aliphatic rings. The number of aromatic nitrogens is 1. The summed E-state index contributed by atoms with van der Waals surface area (Å²) in [6, 6.07) is 14.0. The Balaban J connectivity index is 1.32. The fourth-order valence-corrected chi connectivity index (χ4v) is 5.10. The van der Waals surface area contributed by atoms with Crippen LogP contribution in [0.2, 0.25) is 5.02 Å². The first-order valence-corrected chi connectivity index (χ1v) is 11.9. The highest BCUT2D eigenvalue weighted by atomic mass is 35.5. The third-order valence-corrected chi connectivity index (χ3v) is 6.85. The average Bonchev–Trinajstić information content (AvgIpc) is 3.57. The number of nitrogens with one attached hydrogen (secondary N) is 2. The molecule has 1 atom stereocenters. The van der Waals surface area contributed by atoms with Gasteiger partial charge in [-0.25, -0.2) is 0 Å². The molecule has 1 saturated heterocycles. The lowest BCUT2D eigenvalue weighted by atomic mass is 10.0. The summed E-state index contributed by atoms with van der Waals surface area (Å²) in [6.45, 7) is 3.44. The summed E-state index contributed by atoms with van der Waals surface area (Å²) in [6.07, 6.45) is 5.77. The van der Waals surface area contributed by atoms with E-state index in [0.29, 0.717) is 46.2 Å². The lowest BCUT2D eigenvalue weighted by Crippen LogP contribution is -2.42. The second-order valence-electron chi connectivity index (χ2n) is 8.94. The van der Waals surface area contributed by atoms with Crippen molar-refractivity contribution in [2.75, 3.05) is 25.0 Å². The van der Waals surface area contributed by atoms with Crippen LogP contribution in [0.3, 0.4) is 0 Å². The fraction of sp³-hybridized carbons (Fsp3) is 0.440. The van der Waals surface area contributed by atoms with E-state index in [2.05, 4.69) is 20.5 Å². The smallest absolute Gasteiger partial charge is 0.295 e. The van der Waals surface area contributed by atoms with Gasteiger partial charge >= 0.3 is 0 Å². The van der Waals surface area contributed by atoms with Crippen LogP contribution >= 0.6 is 11.6 Å². The molecule has 0 radical (unpaired) electrons. The Labute approximate surface area is 193 Å². The van der Waals surface area contributed by atoms with E-state index in [9.17, 15) is 4.79 Å². The van der Waals surface area contributed by atoms with Gasteiger partial charge in [0.15, 0.2) is 5.58 Å². The van der Waals surface area contributed by atoms with E-state index in [-0.39, 0.29) is 5.91 Å². The molecule has 1 unspecified atom stereocenters. The van der Waals surface area contributed by atoms with Gasteiger partial charge in [-0.05, 0) is 74.2 Å². The van der Waals surface area contributed by atoms with Crippen LogP contribution in [-0.4, -0.2) is 41.5 Å². The van der Waals surface area contributed by atoms with E-state index in [1.807, 2.05) is 42.5 Å². The first-order chi connectivity index (χ1) is 15.7. The molecule has 2 fully saturated rings. The zero-order valence-electron chi connectivity index (χ0n) is 18.1. The van der Waals surface area contributed by atoms with Gasteiger partial charge in [0.25, 0.3) is 11.9 Å². The average molecular weight is 453 g/mol. The van der Waals surface area contributed by atoms with E-state index in [4.69, 9.17) is 16.0 Å². The fourth-order valence-electron chi connectivity index (χ4n) is 4.89. The minimum atomic E-state index is 0.113. The molecule has 1 aromatic heterocycles. The summed E-state index contributed by atoms with van der Waals surface area (Å²) in [7, 11) is 0. The number of carbonyl (C=O) groups is 1. The lowest BCUT2D eigenvalue weighted by Gasteiger charge is -2.31. The van der Waals surface area contributed by atoms with E-state index in [1.165, 1.54) is 12.8 Å². The summed E-state index contributed by atoms with van der Waals surface area (Å²) < 4.78 is 5.83. The molecule has 2 heterocycles. The van der Waals surface area contributed by atoms with Gasteiger partial charge in [0.05, 0.1) is 0 Å². The molecular formula is C25H29ClN4O2. The zero-order valence-corrected chi connectivity index (χ0v) is 18.9. The van der Waals surface area contributed by atoms with Crippen molar-refractivity contribution in [3.05, 3.63) is 58.6 Å². The Bertz CT molecular complexity index is 1090. The van der Waals surface area contributed by atoms with Gasteiger partial charge in [-0.15, -0.1) is 0 Å². The first-order valence-electron chi connectivity index (χ1n) is 11.6. The monoisotopic (exact) mass is 452 g/mol. The number of rotatable bonds is 7. The van der Waals surface area contributed by atoms with Crippen molar-refractivity contribution < 1.29 is 9.21 Å².